The third-order valence-corrected chi connectivity index (χ3v) is 3.67. The SMILES string of the molecule is CCOC(C)n1cc(-c2ccc([N+](=O)[O-])c(OCCN(C)C)c2)cn1. The molecule has 8 heteroatoms. The molecule has 2 aromatic rings. The van der Waals surface area contributed by atoms with E-state index in [0.29, 0.717) is 19.8 Å². The van der Waals surface area contributed by atoms with Crippen LogP contribution in [0.4, 0.5) is 5.69 Å². The van der Waals surface area contributed by atoms with Gasteiger partial charge in [-0.2, -0.15) is 5.10 Å². The fourth-order valence-electron chi connectivity index (χ4n) is 2.30. The fourth-order valence-corrected chi connectivity index (χ4v) is 2.30. The van der Waals surface area contributed by atoms with Gasteiger partial charge in [0.25, 0.3) is 0 Å². The van der Waals surface area contributed by atoms with Crippen molar-refractivity contribution in [2.45, 2.75) is 20.1 Å². The highest BCUT2D eigenvalue weighted by Gasteiger charge is 2.17. The second-order valence-electron chi connectivity index (χ2n) is 5.86. The quantitative estimate of drug-likeness (QED) is 0.512. The molecule has 0 spiro atoms. The number of likely N-dealkylation sites (N-methyl/N-ethyl adjacent to an activating group) is 1. The molecule has 136 valence electrons. The first-order valence-corrected chi connectivity index (χ1v) is 8.14. The molecule has 0 radical (unpaired) electrons. The van der Waals surface area contributed by atoms with Gasteiger partial charge in [-0.25, -0.2) is 4.68 Å². The minimum absolute atomic E-state index is 0.0439. The highest BCUT2D eigenvalue weighted by Crippen LogP contribution is 2.32. The first kappa shape index (κ1) is 18.9. The topological polar surface area (TPSA) is 82.7 Å². The molecule has 0 saturated heterocycles. The van der Waals surface area contributed by atoms with Crippen molar-refractivity contribution in [3.8, 4) is 16.9 Å². The lowest BCUT2D eigenvalue weighted by molar-refractivity contribution is -0.385. The van der Waals surface area contributed by atoms with E-state index in [1.54, 1.807) is 23.0 Å². The van der Waals surface area contributed by atoms with E-state index in [0.717, 1.165) is 11.1 Å². The van der Waals surface area contributed by atoms with Gasteiger partial charge < -0.3 is 14.4 Å². The van der Waals surface area contributed by atoms with Gasteiger partial charge in [-0.3, -0.25) is 10.1 Å². The number of nitrogens with zero attached hydrogens (tertiary/aromatic N) is 4. The molecule has 0 aliphatic heterocycles. The fraction of sp³-hybridized carbons (Fsp3) is 0.471. The first-order valence-electron chi connectivity index (χ1n) is 8.14. The van der Waals surface area contributed by atoms with Crippen LogP contribution in [0.3, 0.4) is 0 Å². The van der Waals surface area contributed by atoms with Gasteiger partial charge >= 0.3 is 5.69 Å². The summed E-state index contributed by atoms with van der Waals surface area (Å²) in [6, 6.07) is 4.84. The van der Waals surface area contributed by atoms with Crippen LogP contribution >= 0.6 is 0 Å². The summed E-state index contributed by atoms with van der Waals surface area (Å²) in [6.45, 7) is 5.47. The lowest BCUT2D eigenvalue weighted by atomic mass is 10.1. The lowest BCUT2D eigenvalue weighted by Crippen LogP contribution is -2.19. The Balaban J connectivity index is 2.25. The zero-order valence-electron chi connectivity index (χ0n) is 15.0. The molecule has 0 fully saturated rings. The molecule has 0 bridgehead atoms. The van der Waals surface area contributed by atoms with Gasteiger partial charge in [-0.1, -0.05) is 0 Å². The predicted octanol–water partition coefficient (Wildman–Crippen LogP) is 2.95. The van der Waals surface area contributed by atoms with E-state index in [1.165, 1.54) is 6.07 Å². The predicted molar refractivity (Wildman–Crippen MR) is 94.7 cm³/mol. The molecule has 2 rings (SSSR count). The Hall–Kier alpha value is -2.45. The lowest BCUT2D eigenvalue weighted by Gasteiger charge is -2.12. The highest BCUT2D eigenvalue weighted by molar-refractivity contribution is 5.67. The van der Waals surface area contributed by atoms with Crippen molar-refractivity contribution >= 4 is 5.69 Å². The van der Waals surface area contributed by atoms with Crippen molar-refractivity contribution in [1.29, 1.82) is 0 Å². The maximum atomic E-state index is 11.2. The average Bonchev–Trinajstić information content (AvgIpc) is 3.04. The normalized spacial score (nSPS) is 12.4. The minimum atomic E-state index is -0.435. The van der Waals surface area contributed by atoms with Crippen molar-refractivity contribution in [3.05, 3.63) is 40.7 Å². The largest absolute Gasteiger partial charge is 0.485 e. The molecule has 25 heavy (non-hydrogen) atoms. The Kier molecular flexibility index (Phi) is 6.49. The van der Waals surface area contributed by atoms with E-state index in [2.05, 4.69) is 5.10 Å². The molecule has 8 nitrogen and oxygen atoms in total. The van der Waals surface area contributed by atoms with Gasteiger partial charge in [0.1, 0.15) is 12.8 Å². The zero-order chi connectivity index (χ0) is 18.4. The van der Waals surface area contributed by atoms with Crippen LogP contribution in [-0.4, -0.2) is 53.5 Å². The highest BCUT2D eigenvalue weighted by atomic mass is 16.6. The van der Waals surface area contributed by atoms with E-state index in [9.17, 15) is 10.1 Å². The minimum Gasteiger partial charge on any atom is -0.485 e. The smallest absolute Gasteiger partial charge is 0.310 e. The third-order valence-electron chi connectivity index (χ3n) is 3.67. The number of ether oxygens (including phenoxy) is 2. The monoisotopic (exact) mass is 348 g/mol. The number of nitro groups is 1. The molecule has 0 amide bonds. The average molecular weight is 348 g/mol. The van der Waals surface area contributed by atoms with Gasteiger partial charge in [-0.15, -0.1) is 0 Å². The maximum absolute atomic E-state index is 11.2. The summed E-state index contributed by atoms with van der Waals surface area (Å²) < 4.78 is 12.9. The van der Waals surface area contributed by atoms with E-state index >= 15 is 0 Å². The van der Waals surface area contributed by atoms with Crippen LogP contribution in [0.1, 0.15) is 20.1 Å². The summed E-state index contributed by atoms with van der Waals surface area (Å²) in [6.07, 6.45) is 3.39. The van der Waals surface area contributed by atoms with Gasteiger partial charge in [-0.05, 0) is 45.6 Å². The Morgan fingerprint density at radius 1 is 1.36 bits per heavy atom. The summed E-state index contributed by atoms with van der Waals surface area (Å²) in [5.74, 6) is 0.259. The van der Waals surface area contributed by atoms with Gasteiger partial charge in [0.15, 0.2) is 5.75 Å². The second kappa shape index (κ2) is 8.59. The van der Waals surface area contributed by atoms with Crippen molar-refractivity contribution in [2.24, 2.45) is 0 Å². The molecule has 1 aromatic heterocycles. The molecule has 0 aliphatic rings. The number of rotatable bonds is 9. The van der Waals surface area contributed by atoms with Crippen molar-refractivity contribution in [2.75, 3.05) is 33.9 Å². The van der Waals surface area contributed by atoms with Gasteiger partial charge in [0.05, 0.1) is 11.1 Å². The van der Waals surface area contributed by atoms with Crippen molar-refractivity contribution in [3.63, 3.8) is 0 Å². The van der Waals surface area contributed by atoms with Gasteiger partial charge in [0, 0.05) is 31.0 Å². The third kappa shape index (κ3) is 5.01. The summed E-state index contributed by atoms with van der Waals surface area (Å²) in [7, 11) is 3.84. The van der Waals surface area contributed by atoms with Crippen LogP contribution in [0.2, 0.25) is 0 Å². The van der Waals surface area contributed by atoms with E-state index < -0.39 is 4.92 Å². The molecule has 0 aliphatic carbocycles. The van der Waals surface area contributed by atoms with Gasteiger partial charge in [0.2, 0.25) is 0 Å². The molecular weight excluding hydrogens is 324 g/mol. The molecule has 0 N–H and O–H groups in total. The Morgan fingerprint density at radius 2 is 2.12 bits per heavy atom. The molecule has 1 aromatic carbocycles. The summed E-state index contributed by atoms with van der Waals surface area (Å²) in [5.41, 5.74) is 1.61. The van der Waals surface area contributed by atoms with Crippen molar-refractivity contribution in [1.82, 2.24) is 14.7 Å². The van der Waals surface area contributed by atoms with Crippen LogP contribution in [0.25, 0.3) is 11.1 Å². The number of hydrogen-bond donors (Lipinski definition) is 0. The van der Waals surface area contributed by atoms with Crippen LogP contribution in [0.5, 0.6) is 5.75 Å². The number of hydrogen-bond acceptors (Lipinski definition) is 6. The van der Waals surface area contributed by atoms with Crippen LogP contribution in [0.15, 0.2) is 30.6 Å². The number of nitro benzene ring substituents is 1. The molecule has 0 saturated carbocycles. The van der Waals surface area contributed by atoms with E-state index in [1.807, 2.05) is 39.0 Å². The second-order valence-corrected chi connectivity index (χ2v) is 5.86. The van der Waals surface area contributed by atoms with E-state index in [-0.39, 0.29) is 17.7 Å². The standard InChI is InChI=1S/C17H24N4O4/c1-5-24-13(2)20-12-15(11-18-20)14-6-7-16(21(22)23)17(10-14)25-9-8-19(3)4/h6-7,10-13H,5,8-9H2,1-4H3. The Bertz CT molecular complexity index is 714. The molecule has 1 atom stereocenters. The maximum Gasteiger partial charge on any atom is 0.310 e. The number of benzene rings is 1. The summed E-state index contributed by atoms with van der Waals surface area (Å²) >= 11 is 0. The summed E-state index contributed by atoms with van der Waals surface area (Å²) in [5, 5.41) is 15.5. The Labute approximate surface area is 147 Å². The van der Waals surface area contributed by atoms with Crippen LogP contribution < -0.4 is 4.74 Å². The van der Waals surface area contributed by atoms with Crippen LogP contribution in [0, 0.1) is 10.1 Å². The zero-order valence-corrected chi connectivity index (χ0v) is 15.0. The Morgan fingerprint density at radius 3 is 2.76 bits per heavy atom. The molecule has 1 unspecified atom stereocenters. The number of aromatic nitrogens is 2. The molecule has 1 heterocycles. The first-order chi connectivity index (χ1) is 11.9. The van der Waals surface area contributed by atoms with E-state index in [4.69, 9.17) is 9.47 Å². The van der Waals surface area contributed by atoms with Crippen LogP contribution in [-0.2, 0) is 4.74 Å². The molecular formula is C17H24N4O4. The summed E-state index contributed by atoms with van der Waals surface area (Å²) in [4.78, 5) is 12.7. The van der Waals surface area contributed by atoms with Crippen molar-refractivity contribution < 1.29 is 14.4 Å².